The van der Waals surface area contributed by atoms with Crippen LogP contribution in [0.2, 0.25) is 0 Å². The summed E-state index contributed by atoms with van der Waals surface area (Å²) >= 11 is 5.61. The van der Waals surface area contributed by atoms with E-state index in [9.17, 15) is 0 Å². The van der Waals surface area contributed by atoms with Crippen molar-refractivity contribution in [2.24, 2.45) is 0 Å². The molecule has 1 aromatic heterocycles. The first-order valence-electron chi connectivity index (χ1n) is 5.25. The van der Waals surface area contributed by atoms with Gasteiger partial charge in [-0.3, -0.25) is 0 Å². The van der Waals surface area contributed by atoms with Crippen LogP contribution in [0.4, 0.5) is 0 Å². The van der Waals surface area contributed by atoms with Crippen LogP contribution in [0.25, 0.3) is 0 Å². The van der Waals surface area contributed by atoms with E-state index in [0.717, 1.165) is 25.7 Å². The van der Waals surface area contributed by atoms with Crippen LogP contribution >= 0.6 is 11.6 Å². The summed E-state index contributed by atoms with van der Waals surface area (Å²) in [6.45, 7) is 0. The summed E-state index contributed by atoms with van der Waals surface area (Å²) in [5.41, 5.74) is -0.311. The molecule has 0 bridgehead atoms. The molecule has 84 valence electrons. The Kier molecular flexibility index (Phi) is 3.26. The predicted molar refractivity (Wildman–Crippen MR) is 55.9 cm³/mol. The average Bonchev–Trinajstić information content (AvgIpc) is 2.86. The summed E-state index contributed by atoms with van der Waals surface area (Å²) < 4.78 is 10.7. The van der Waals surface area contributed by atoms with E-state index < -0.39 is 0 Å². The number of aryl methyl sites for hydroxylation is 1. The van der Waals surface area contributed by atoms with Gasteiger partial charge >= 0.3 is 0 Å². The Labute approximate surface area is 93.9 Å². The number of hydrogen-bond acceptors (Lipinski definition) is 4. The lowest BCUT2D eigenvalue weighted by Gasteiger charge is -2.22. The second-order valence-corrected chi connectivity index (χ2v) is 4.23. The number of rotatable bonds is 4. The molecular weight excluding hydrogens is 216 g/mol. The van der Waals surface area contributed by atoms with E-state index in [4.69, 9.17) is 20.9 Å². The lowest BCUT2D eigenvalue weighted by molar-refractivity contribution is -0.0178. The van der Waals surface area contributed by atoms with E-state index in [1.54, 1.807) is 7.11 Å². The van der Waals surface area contributed by atoms with Gasteiger partial charge in [0.05, 0.1) is 0 Å². The van der Waals surface area contributed by atoms with Crippen LogP contribution in [0.5, 0.6) is 0 Å². The van der Waals surface area contributed by atoms with E-state index in [-0.39, 0.29) is 5.60 Å². The van der Waals surface area contributed by atoms with Crippen molar-refractivity contribution in [3.8, 4) is 0 Å². The van der Waals surface area contributed by atoms with Crippen LogP contribution in [-0.2, 0) is 16.8 Å². The molecule has 0 spiro atoms. The molecule has 1 saturated carbocycles. The van der Waals surface area contributed by atoms with E-state index in [0.29, 0.717) is 24.0 Å². The van der Waals surface area contributed by atoms with Crippen molar-refractivity contribution < 1.29 is 9.26 Å². The van der Waals surface area contributed by atoms with Gasteiger partial charge in [0.15, 0.2) is 0 Å². The molecule has 1 aromatic rings. The molecule has 0 aliphatic heterocycles. The maximum absolute atomic E-state index is 5.61. The molecule has 4 nitrogen and oxygen atoms in total. The Bertz CT molecular complexity index is 321. The minimum atomic E-state index is -0.311. The topological polar surface area (TPSA) is 48.2 Å². The Morgan fingerprint density at radius 1 is 1.47 bits per heavy atom. The number of hydrogen-bond donors (Lipinski definition) is 0. The largest absolute Gasteiger partial charge is 0.370 e. The van der Waals surface area contributed by atoms with Crippen molar-refractivity contribution in [1.29, 1.82) is 0 Å². The normalized spacial score (nSPS) is 19.6. The highest BCUT2D eigenvalue weighted by Gasteiger charge is 2.40. The fourth-order valence-electron chi connectivity index (χ4n) is 2.09. The Morgan fingerprint density at radius 3 is 2.80 bits per heavy atom. The highest BCUT2D eigenvalue weighted by atomic mass is 35.5. The zero-order chi connectivity index (χ0) is 10.7. The van der Waals surface area contributed by atoms with Gasteiger partial charge < -0.3 is 9.26 Å². The van der Waals surface area contributed by atoms with Gasteiger partial charge in [0.2, 0.25) is 11.7 Å². The van der Waals surface area contributed by atoms with Crippen LogP contribution in [0.15, 0.2) is 4.52 Å². The van der Waals surface area contributed by atoms with E-state index in [2.05, 4.69) is 10.1 Å². The van der Waals surface area contributed by atoms with Gasteiger partial charge in [-0.15, -0.1) is 11.6 Å². The maximum atomic E-state index is 5.61. The minimum absolute atomic E-state index is 0.311. The van der Waals surface area contributed by atoms with E-state index in [1.807, 2.05) is 0 Å². The first kappa shape index (κ1) is 10.9. The van der Waals surface area contributed by atoms with Gasteiger partial charge in [-0.1, -0.05) is 5.16 Å². The van der Waals surface area contributed by atoms with Crippen molar-refractivity contribution in [1.82, 2.24) is 10.1 Å². The highest BCUT2D eigenvalue weighted by Crippen LogP contribution is 2.40. The summed E-state index contributed by atoms with van der Waals surface area (Å²) in [7, 11) is 1.71. The molecular formula is C10H15ClN2O2. The maximum Gasteiger partial charge on any atom is 0.227 e. The molecule has 2 rings (SSSR count). The van der Waals surface area contributed by atoms with Gasteiger partial charge in [-0.2, -0.15) is 4.98 Å². The van der Waals surface area contributed by atoms with E-state index >= 15 is 0 Å². The SMILES string of the molecule is COC1(c2noc(CCCl)n2)CCCC1. The van der Waals surface area contributed by atoms with Gasteiger partial charge in [-0.05, 0) is 25.7 Å². The van der Waals surface area contributed by atoms with Crippen molar-refractivity contribution in [2.45, 2.75) is 37.7 Å². The molecule has 0 aromatic carbocycles. The lowest BCUT2D eigenvalue weighted by atomic mass is 10.0. The molecule has 0 atom stereocenters. The molecule has 1 aliphatic carbocycles. The second kappa shape index (κ2) is 4.49. The zero-order valence-corrected chi connectivity index (χ0v) is 9.59. The van der Waals surface area contributed by atoms with Crippen LogP contribution in [0.3, 0.4) is 0 Å². The first-order valence-corrected chi connectivity index (χ1v) is 5.78. The third kappa shape index (κ3) is 2.01. The zero-order valence-electron chi connectivity index (χ0n) is 8.83. The van der Waals surface area contributed by atoms with Crippen molar-refractivity contribution in [3.63, 3.8) is 0 Å². The summed E-state index contributed by atoms with van der Waals surface area (Å²) in [5, 5.41) is 3.99. The highest BCUT2D eigenvalue weighted by molar-refractivity contribution is 6.17. The fraction of sp³-hybridized carbons (Fsp3) is 0.800. The molecule has 0 amide bonds. The van der Waals surface area contributed by atoms with Crippen molar-refractivity contribution >= 4 is 11.6 Å². The van der Waals surface area contributed by atoms with Gasteiger partial charge in [0.25, 0.3) is 0 Å². The molecule has 1 heterocycles. The van der Waals surface area contributed by atoms with Crippen LogP contribution in [0, 0.1) is 0 Å². The van der Waals surface area contributed by atoms with Crippen molar-refractivity contribution in [3.05, 3.63) is 11.7 Å². The summed E-state index contributed by atoms with van der Waals surface area (Å²) in [6, 6.07) is 0. The summed E-state index contributed by atoms with van der Waals surface area (Å²) in [4.78, 5) is 4.34. The molecule has 1 aliphatic rings. The molecule has 0 N–H and O–H groups in total. The fourth-order valence-corrected chi connectivity index (χ4v) is 2.25. The number of nitrogens with zero attached hydrogens (tertiary/aromatic N) is 2. The molecule has 1 fully saturated rings. The van der Waals surface area contributed by atoms with Gasteiger partial charge in [0.1, 0.15) is 5.60 Å². The number of alkyl halides is 1. The molecule has 0 radical (unpaired) electrons. The number of methoxy groups -OCH3 is 1. The Morgan fingerprint density at radius 2 is 2.20 bits per heavy atom. The average molecular weight is 231 g/mol. The molecule has 0 unspecified atom stereocenters. The quantitative estimate of drug-likeness (QED) is 0.745. The third-order valence-electron chi connectivity index (χ3n) is 2.99. The monoisotopic (exact) mass is 230 g/mol. The smallest absolute Gasteiger partial charge is 0.227 e. The standard InChI is InChI=1S/C10H15ClN2O2/c1-14-10(5-2-3-6-10)9-12-8(4-7-11)15-13-9/h2-7H2,1H3. The van der Waals surface area contributed by atoms with E-state index in [1.165, 1.54) is 0 Å². The Balaban J connectivity index is 2.19. The van der Waals surface area contributed by atoms with Crippen LogP contribution < -0.4 is 0 Å². The van der Waals surface area contributed by atoms with Crippen LogP contribution in [-0.4, -0.2) is 23.1 Å². The summed E-state index contributed by atoms with van der Waals surface area (Å²) in [6.07, 6.45) is 4.89. The molecule has 15 heavy (non-hydrogen) atoms. The lowest BCUT2D eigenvalue weighted by Crippen LogP contribution is -2.26. The van der Waals surface area contributed by atoms with Crippen molar-refractivity contribution in [2.75, 3.05) is 13.0 Å². The number of halogens is 1. The van der Waals surface area contributed by atoms with Gasteiger partial charge in [0, 0.05) is 19.4 Å². The predicted octanol–water partition coefficient (Wildman–Crippen LogP) is 2.27. The van der Waals surface area contributed by atoms with Gasteiger partial charge in [-0.25, -0.2) is 0 Å². The molecule has 5 heteroatoms. The first-order chi connectivity index (χ1) is 7.30. The van der Waals surface area contributed by atoms with Crippen LogP contribution in [0.1, 0.15) is 37.4 Å². The second-order valence-electron chi connectivity index (χ2n) is 3.86. The number of aromatic nitrogens is 2. The Hall–Kier alpha value is -0.610. The third-order valence-corrected chi connectivity index (χ3v) is 3.17. The number of ether oxygens (including phenoxy) is 1. The minimum Gasteiger partial charge on any atom is -0.370 e. The molecule has 0 saturated heterocycles. The summed E-state index contributed by atoms with van der Waals surface area (Å²) in [5.74, 6) is 1.78.